The molecule has 2 bridgehead atoms. The Hall–Kier alpha value is -5.45. The van der Waals surface area contributed by atoms with E-state index >= 15 is 0 Å². The van der Waals surface area contributed by atoms with E-state index < -0.39 is 29.7 Å². The molecule has 6 heterocycles. The summed E-state index contributed by atoms with van der Waals surface area (Å²) in [6, 6.07) is 20.4. The molecule has 6 aliphatic heterocycles. The van der Waals surface area contributed by atoms with Crippen LogP contribution in [0.15, 0.2) is 60.7 Å². The van der Waals surface area contributed by atoms with Crippen LogP contribution in [0, 0.1) is 11.3 Å². The molecule has 0 radical (unpaired) electrons. The SMILES string of the molecule is N#Cc1ccc(O[C@H]2C[C@H]3CC[C@@H](C2)N3C(=O)c2ccc(N3CCN(C4CCN(c5ccc6c(c5)C(=O)N(C5CCC(=O)NC5=O)C6=O)CC4)CC3)cc2)cc1Cl. The largest absolute Gasteiger partial charge is 0.490 e. The second-order valence-corrected chi connectivity index (χ2v) is 16.4. The second kappa shape index (κ2) is 15.1. The highest BCUT2D eigenvalue weighted by molar-refractivity contribution is 6.31. The number of piperazine rings is 1. The van der Waals surface area contributed by atoms with Crippen LogP contribution in [0.5, 0.6) is 5.75 Å². The zero-order chi connectivity index (χ0) is 39.4. The zero-order valence-corrected chi connectivity index (χ0v) is 32.3. The summed E-state index contributed by atoms with van der Waals surface area (Å²) in [6.45, 7) is 5.37. The van der Waals surface area contributed by atoms with Gasteiger partial charge in [-0.15, -0.1) is 0 Å². The van der Waals surface area contributed by atoms with Crippen molar-refractivity contribution >= 4 is 52.5 Å². The quantitative estimate of drug-likeness (QED) is 0.337. The predicted octanol–water partition coefficient (Wildman–Crippen LogP) is 4.62. The fraction of sp³-hybridized carbons (Fsp3) is 0.442. The van der Waals surface area contributed by atoms with Gasteiger partial charge in [-0.25, -0.2) is 0 Å². The lowest BCUT2D eigenvalue weighted by Crippen LogP contribution is -2.54. The maximum atomic E-state index is 13.8. The topological polar surface area (TPSA) is 147 Å². The molecule has 3 aromatic carbocycles. The van der Waals surface area contributed by atoms with Crippen molar-refractivity contribution in [2.75, 3.05) is 49.1 Å². The molecule has 0 spiro atoms. The van der Waals surface area contributed by atoms with Crippen molar-refractivity contribution in [1.82, 2.24) is 20.0 Å². The number of piperidine rings is 3. The summed E-state index contributed by atoms with van der Waals surface area (Å²) < 4.78 is 6.27. The first-order valence-corrected chi connectivity index (χ1v) is 20.4. The van der Waals surface area contributed by atoms with Gasteiger partial charge in [-0.2, -0.15) is 5.26 Å². The van der Waals surface area contributed by atoms with Crippen LogP contribution in [-0.2, 0) is 9.59 Å². The smallest absolute Gasteiger partial charge is 0.262 e. The number of amides is 5. The van der Waals surface area contributed by atoms with Crippen molar-refractivity contribution in [1.29, 1.82) is 5.26 Å². The van der Waals surface area contributed by atoms with E-state index in [1.165, 1.54) is 0 Å². The van der Waals surface area contributed by atoms with E-state index in [4.69, 9.17) is 16.3 Å². The third kappa shape index (κ3) is 6.99. The number of carbonyl (C=O) groups is 5. The van der Waals surface area contributed by atoms with Gasteiger partial charge >= 0.3 is 0 Å². The number of nitrogens with zero attached hydrogens (tertiary/aromatic N) is 6. The number of rotatable bonds is 7. The Balaban J connectivity index is 0.750. The van der Waals surface area contributed by atoms with Gasteiger partial charge < -0.3 is 19.4 Å². The number of hydrogen-bond donors (Lipinski definition) is 1. The monoisotopic (exact) mass is 789 g/mol. The third-order valence-corrected chi connectivity index (χ3v) is 13.2. The molecule has 4 atom stereocenters. The lowest BCUT2D eigenvalue weighted by atomic mass is 9.98. The summed E-state index contributed by atoms with van der Waals surface area (Å²) in [6.07, 6.45) is 5.67. The normalized spacial score (nSPS) is 25.4. The van der Waals surface area contributed by atoms with Crippen LogP contribution in [0.3, 0.4) is 0 Å². The zero-order valence-electron chi connectivity index (χ0n) is 31.6. The number of nitrogens with one attached hydrogen (secondary N) is 1. The van der Waals surface area contributed by atoms with Crippen LogP contribution in [0.4, 0.5) is 11.4 Å². The number of halogens is 1. The molecule has 0 aliphatic carbocycles. The molecular formula is C43H44ClN7O6. The predicted molar refractivity (Wildman–Crippen MR) is 211 cm³/mol. The highest BCUT2D eigenvalue weighted by atomic mass is 35.5. The molecule has 6 aliphatic rings. The molecule has 294 valence electrons. The molecule has 1 unspecified atom stereocenters. The van der Waals surface area contributed by atoms with Crippen LogP contribution >= 0.6 is 11.6 Å². The van der Waals surface area contributed by atoms with E-state index in [-0.39, 0.29) is 36.9 Å². The number of ether oxygens (including phenoxy) is 1. The average Bonchev–Trinajstić information content (AvgIpc) is 3.64. The summed E-state index contributed by atoms with van der Waals surface area (Å²) in [5.41, 5.74) is 3.75. The highest BCUT2D eigenvalue weighted by Gasteiger charge is 2.46. The van der Waals surface area contributed by atoms with E-state index in [1.807, 2.05) is 18.2 Å². The van der Waals surface area contributed by atoms with Crippen LogP contribution in [0.1, 0.15) is 88.0 Å². The van der Waals surface area contributed by atoms with Crippen molar-refractivity contribution in [2.45, 2.75) is 81.6 Å². The lowest BCUT2D eigenvalue weighted by molar-refractivity contribution is -0.136. The summed E-state index contributed by atoms with van der Waals surface area (Å²) in [5, 5.41) is 11.8. The first-order valence-electron chi connectivity index (χ1n) is 20.0. The average molecular weight is 790 g/mol. The summed E-state index contributed by atoms with van der Waals surface area (Å²) in [7, 11) is 0. The lowest BCUT2D eigenvalue weighted by Gasteiger charge is -2.44. The van der Waals surface area contributed by atoms with Gasteiger partial charge in [-0.05, 0) is 86.7 Å². The Bertz CT molecular complexity index is 2160. The third-order valence-electron chi connectivity index (χ3n) is 12.9. The van der Waals surface area contributed by atoms with Gasteiger partial charge in [0.1, 0.15) is 24.0 Å². The minimum atomic E-state index is -0.974. The van der Waals surface area contributed by atoms with Gasteiger partial charge in [-0.3, -0.25) is 39.1 Å². The standard InChI is InChI=1S/C43H44ClN7O6/c44-37-24-33(9-3-27(37)25-45)57-34-21-31-6-7-32(22-34)50(31)41(54)26-1-4-28(5-2-26)48-17-19-49(20-18-48)29-13-15-47(16-14-29)30-8-10-35-36(23-30)43(56)51(42(35)55)38-11-12-39(52)46-40(38)53/h1-5,8-10,23-24,29,31-32,34,38H,6-7,11-22H2,(H,46,52,53)/t31-,32+,34+,38?. The molecule has 5 amide bonds. The molecule has 0 saturated carbocycles. The van der Waals surface area contributed by atoms with Gasteiger partial charge in [0.25, 0.3) is 17.7 Å². The molecule has 14 heteroatoms. The molecule has 9 rings (SSSR count). The number of hydrogen-bond acceptors (Lipinski definition) is 10. The Morgan fingerprint density at radius 3 is 2.07 bits per heavy atom. The fourth-order valence-electron chi connectivity index (χ4n) is 9.86. The molecule has 5 saturated heterocycles. The second-order valence-electron chi connectivity index (χ2n) is 16.0. The summed E-state index contributed by atoms with van der Waals surface area (Å²) in [5.74, 6) is -1.24. The van der Waals surface area contributed by atoms with Gasteiger partial charge in [0.05, 0.1) is 21.7 Å². The maximum absolute atomic E-state index is 13.8. The first kappa shape index (κ1) is 37.1. The van der Waals surface area contributed by atoms with Gasteiger partial charge in [0.15, 0.2) is 0 Å². The number of carbonyl (C=O) groups excluding carboxylic acids is 5. The Labute approximate surface area is 336 Å². The number of fused-ring (bicyclic) bond motifs is 3. The number of nitriles is 1. The molecule has 5 fully saturated rings. The number of imide groups is 2. The summed E-state index contributed by atoms with van der Waals surface area (Å²) >= 11 is 6.22. The van der Waals surface area contributed by atoms with E-state index in [9.17, 15) is 29.2 Å². The summed E-state index contributed by atoms with van der Waals surface area (Å²) in [4.78, 5) is 74.7. The van der Waals surface area contributed by atoms with E-state index in [0.717, 1.165) is 94.1 Å². The molecule has 57 heavy (non-hydrogen) atoms. The van der Waals surface area contributed by atoms with Gasteiger partial charge in [0, 0.05) is 99.7 Å². The molecule has 3 aromatic rings. The van der Waals surface area contributed by atoms with E-state index in [0.29, 0.717) is 39.1 Å². The van der Waals surface area contributed by atoms with Gasteiger partial charge in [0.2, 0.25) is 11.8 Å². The van der Waals surface area contributed by atoms with Crippen molar-refractivity contribution < 1.29 is 28.7 Å². The van der Waals surface area contributed by atoms with Crippen LogP contribution in [-0.4, -0.2) is 114 Å². The van der Waals surface area contributed by atoms with Crippen LogP contribution in [0.2, 0.25) is 5.02 Å². The minimum Gasteiger partial charge on any atom is -0.490 e. The van der Waals surface area contributed by atoms with Crippen LogP contribution in [0.25, 0.3) is 0 Å². The van der Waals surface area contributed by atoms with Crippen molar-refractivity contribution in [3.05, 3.63) is 87.9 Å². The van der Waals surface area contributed by atoms with Crippen molar-refractivity contribution in [2.24, 2.45) is 0 Å². The number of anilines is 2. The Kier molecular flexibility index (Phi) is 9.86. The number of benzene rings is 3. The molecule has 0 aromatic heterocycles. The first-order chi connectivity index (χ1) is 27.6. The maximum Gasteiger partial charge on any atom is 0.262 e. The molecule has 13 nitrogen and oxygen atoms in total. The van der Waals surface area contributed by atoms with Crippen LogP contribution < -0.4 is 19.9 Å². The molecule has 1 N–H and O–H groups in total. The van der Waals surface area contributed by atoms with Crippen molar-refractivity contribution in [3.63, 3.8) is 0 Å². The Morgan fingerprint density at radius 2 is 1.40 bits per heavy atom. The van der Waals surface area contributed by atoms with Gasteiger partial charge in [-0.1, -0.05) is 11.6 Å². The minimum absolute atomic E-state index is 0.00417. The van der Waals surface area contributed by atoms with E-state index in [1.54, 1.807) is 30.3 Å². The van der Waals surface area contributed by atoms with Crippen molar-refractivity contribution in [3.8, 4) is 11.8 Å². The highest BCUT2D eigenvalue weighted by Crippen LogP contribution is 2.39. The Morgan fingerprint density at radius 1 is 0.737 bits per heavy atom. The van der Waals surface area contributed by atoms with E-state index in [2.05, 4.69) is 43.1 Å². The molecular weight excluding hydrogens is 746 g/mol. The fourth-order valence-corrected chi connectivity index (χ4v) is 10.1.